The maximum Gasteiger partial charge on any atom is 0.254 e. The van der Waals surface area contributed by atoms with E-state index >= 15 is 0 Å². The molecule has 0 saturated heterocycles. The molecule has 1 N–H and O–H groups in total. The van der Waals surface area contributed by atoms with Crippen molar-refractivity contribution in [3.63, 3.8) is 0 Å². The minimum absolute atomic E-state index is 0.0594. The zero-order valence-electron chi connectivity index (χ0n) is 16.7. The number of aryl methyl sites for hydroxylation is 1. The Hall–Kier alpha value is -2.49. The highest BCUT2D eigenvalue weighted by molar-refractivity contribution is 5.98. The Balaban J connectivity index is 1.28. The molecule has 1 amide bonds. The first-order valence-electron chi connectivity index (χ1n) is 10.3. The number of hydrogen-bond donors (Lipinski definition) is 1. The largest absolute Gasteiger partial charge is 0.508 e. The van der Waals surface area contributed by atoms with Gasteiger partial charge in [0.05, 0.1) is 6.10 Å². The molecule has 0 bridgehead atoms. The van der Waals surface area contributed by atoms with E-state index in [0.717, 1.165) is 43.5 Å². The van der Waals surface area contributed by atoms with Crippen LogP contribution in [0.15, 0.2) is 42.5 Å². The number of carbonyl (C=O) groups excluding carboxylic acids is 1. The summed E-state index contributed by atoms with van der Waals surface area (Å²) in [6, 6.07) is 13.4. The first kappa shape index (κ1) is 18.9. The van der Waals surface area contributed by atoms with Crippen LogP contribution >= 0.6 is 0 Å². The lowest BCUT2D eigenvalue weighted by molar-refractivity contribution is 0.0685. The van der Waals surface area contributed by atoms with Crippen LogP contribution in [0, 0.1) is 18.8 Å². The van der Waals surface area contributed by atoms with Gasteiger partial charge in [-0.25, -0.2) is 0 Å². The predicted octanol–water partition coefficient (Wildman–Crippen LogP) is 4.93. The lowest BCUT2D eigenvalue weighted by Crippen LogP contribution is -2.34. The minimum Gasteiger partial charge on any atom is -0.508 e. The number of hydrogen-bond acceptors (Lipinski definition) is 3. The van der Waals surface area contributed by atoms with Gasteiger partial charge in [-0.05, 0) is 86.8 Å². The van der Waals surface area contributed by atoms with Crippen molar-refractivity contribution in [2.45, 2.75) is 52.2 Å². The zero-order chi connectivity index (χ0) is 19.7. The first-order valence-corrected chi connectivity index (χ1v) is 10.3. The van der Waals surface area contributed by atoms with Gasteiger partial charge in [-0.1, -0.05) is 18.2 Å². The number of amides is 1. The van der Waals surface area contributed by atoms with Crippen molar-refractivity contribution in [1.82, 2.24) is 4.90 Å². The molecule has 0 spiro atoms. The molecule has 28 heavy (non-hydrogen) atoms. The highest BCUT2D eigenvalue weighted by Gasteiger charge is 2.32. The second-order valence-corrected chi connectivity index (χ2v) is 8.45. The van der Waals surface area contributed by atoms with Crippen molar-refractivity contribution < 1.29 is 14.6 Å². The van der Waals surface area contributed by atoms with Crippen molar-refractivity contribution in [2.24, 2.45) is 11.8 Å². The molecule has 4 rings (SSSR count). The summed E-state index contributed by atoms with van der Waals surface area (Å²) < 4.78 is 6.19. The van der Waals surface area contributed by atoms with Crippen LogP contribution in [0.4, 0.5) is 0 Å². The molecular formula is C24H29NO3. The number of carbonyl (C=O) groups is 1. The first-order chi connectivity index (χ1) is 13.5. The van der Waals surface area contributed by atoms with Crippen LogP contribution in [-0.4, -0.2) is 28.6 Å². The second-order valence-electron chi connectivity index (χ2n) is 8.45. The van der Waals surface area contributed by atoms with E-state index in [1.165, 1.54) is 5.56 Å². The van der Waals surface area contributed by atoms with Gasteiger partial charge in [0.1, 0.15) is 11.5 Å². The van der Waals surface area contributed by atoms with E-state index in [-0.39, 0.29) is 17.8 Å². The minimum atomic E-state index is 0.0594. The number of phenolic OH excluding ortho intramolecular Hbond substituents is 1. The maximum absolute atomic E-state index is 12.6. The number of phenols is 1. The van der Waals surface area contributed by atoms with E-state index in [2.05, 4.69) is 26.0 Å². The summed E-state index contributed by atoms with van der Waals surface area (Å²) in [4.78, 5) is 14.6. The van der Waals surface area contributed by atoms with E-state index < -0.39 is 0 Å². The van der Waals surface area contributed by atoms with E-state index in [9.17, 15) is 9.90 Å². The van der Waals surface area contributed by atoms with E-state index in [0.29, 0.717) is 23.9 Å². The monoisotopic (exact) mass is 379 g/mol. The molecule has 2 aromatic carbocycles. The van der Waals surface area contributed by atoms with Gasteiger partial charge in [-0.2, -0.15) is 0 Å². The van der Waals surface area contributed by atoms with Gasteiger partial charge >= 0.3 is 0 Å². The fourth-order valence-corrected chi connectivity index (χ4v) is 4.65. The van der Waals surface area contributed by atoms with Gasteiger partial charge in [-0.3, -0.25) is 4.79 Å². The van der Waals surface area contributed by atoms with Gasteiger partial charge in [0.25, 0.3) is 5.91 Å². The summed E-state index contributed by atoms with van der Waals surface area (Å²) in [5.41, 5.74) is 2.91. The fourth-order valence-electron chi connectivity index (χ4n) is 4.65. The Bertz CT molecular complexity index is 855. The van der Waals surface area contributed by atoms with Crippen LogP contribution in [0.5, 0.6) is 11.5 Å². The summed E-state index contributed by atoms with van der Waals surface area (Å²) in [6.07, 6.45) is 4.78. The smallest absolute Gasteiger partial charge is 0.254 e. The van der Waals surface area contributed by atoms with Crippen LogP contribution in [0.3, 0.4) is 0 Å². The quantitative estimate of drug-likeness (QED) is 0.801. The van der Waals surface area contributed by atoms with Crippen molar-refractivity contribution in [2.75, 3.05) is 6.54 Å². The third-order valence-corrected chi connectivity index (χ3v) is 6.32. The molecule has 2 aliphatic rings. The molecule has 2 aromatic rings. The molecule has 1 aliphatic heterocycles. The van der Waals surface area contributed by atoms with Crippen LogP contribution in [0.2, 0.25) is 0 Å². The number of fused-ring (bicyclic) bond motifs is 1. The van der Waals surface area contributed by atoms with E-state index in [1.54, 1.807) is 12.1 Å². The molecule has 1 saturated carbocycles. The summed E-state index contributed by atoms with van der Waals surface area (Å²) >= 11 is 0. The van der Waals surface area contributed by atoms with Crippen molar-refractivity contribution in [3.05, 3.63) is 59.2 Å². The highest BCUT2D eigenvalue weighted by atomic mass is 16.5. The Labute approximate surface area is 167 Å². The molecule has 1 fully saturated rings. The second kappa shape index (κ2) is 7.86. The standard InChI is InChI=1S/C24H29NO3/c1-16-4-3-5-22(12-16)28-17(2)19-8-6-18(7-9-19)14-25-15-20-10-11-21(26)13-23(20)24(25)27/h3-5,10-13,17-19,26H,6-9,14-15H2,1-2H3. The highest BCUT2D eigenvalue weighted by Crippen LogP contribution is 2.35. The van der Waals surface area contributed by atoms with E-state index in [4.69, 9.17) is 4.74 Å². The lowest BCUT2D eigenvalue weighted by Gasteiger charge is -2.34. The van der Waals surface area contributed by atoms with Crippen molar-refractivity contribution in [1.29, 1.82) is 0 Å². The van der Waals surface area contributed by atoms with Gasteiger partial charge in [0.15, 0.2) is 0 Å². The maximum atomic E-state index is 12.6. The van der Waals surface area contributed by atoms with E-state index in [1.807, 2.05) is 23.1 Å². The normalized spacial score (nSPS) is 22.8. The van der Waals surface area contributed by atoms with Gasteiger partial charge < -0.3 is 14.7 Å². The predicted molar refractivity (Wildman–Crippen MR) is 110 cm³/mol. The zero-order valence-corrected chi connectivity index (χ0v) is 16.7. The topological polar surface area (TPSA) is 49.8 Å². The molecule has 0 aromatic heterocycles. The third-order valence-electron chi connectivity index (χ3n) is 6.32. The molecule has 1 heterocycles. The fraction of sp³-hybridized carbons (Fsp3) is 0.458. The summed E-state index contributed by atoms with van der Waals surface area (Å²) in [5.74, 6) is 2.30. The van der Waals surface area contributed by atoms with Crippen molar-refractivity contribution >= 4 is 5.91 Å². The van der Waals surface area contributed by atoms with Crippen molar-refractivity contribution in [3.8, 4) is 11.5 Å². The van der Waals surface area contributed by atoms with Crippen LogP contribution < -0.4 is 4.74 Å². The molecule has 0 radical (unpaired) electrons. The Morgan fingerprint density at radius 2 is 1.93 bits per heavy atom. The SMILES string of the molecule is Cc1cccc(OC(C)C2CCC(CN3Cc4ccc(O)cc4C3=O)CC2)c1. The van der Waals surface area contributed by atoms with Gasteiger partial charge in [0.2, 0.25) is 0 Å². The lowest BCUT2D eigenvalue weighted by atomic mass is 9.79. The molecule has 1 unspecified atom stereocenters. The summed E-state index contributed by atoms with van der Waals surface area (Å²) in [6.45, 7) is 5.75. The molecule has 1 atom stereocenters. The summed E-state index contributed by atoms with van der Waals surface area (Å²) in [5, 5.41) is 9.64. The summed E-state index contributed by atoms with van der Waals surface area (Å²) in [7, 11) is 0. The molecule has 148 valence electrons. The number of ether oxygens (including phenoxy) is 1. The molecule has 4 heteroatoms. The Kier molecular flexibility index (Phi) is 5.29. The Morgan fingerprint density at radius 1 is 1.14 bits per heavy atom. The van der Waals surface area contributed by atoms with Gasteiger partial charge in [0, 0.05) is 18.7 Å². The number of aromatic hydroxyl groups is 1. The van der Waals surface area contributed by atoms with Gasteiger partial charge in [-0.15, -0.1) is 0 Å². The van der Waals surface area contributed by atoms with Crippen LogP contribution in [0.25, 0.3) is 0 Å². The average Bonchev–Trinajstić information content (AvgIpc) is 2.98. The Morgan fingerprint density at radius 3 is 2.68 bits per heavy atom. The molecular weight excluding hydrogens is 350 g/mol. The number of benzene rings is 2. The third kappa shape index (κ3) is 4.01. The molecule has 4 nitrogen and oxygen atoms in total. The van der Waals surface area contributed by atoms with Crippen LogP contribution in [0.1, 0.15) is 54.1 Å². The molecule has 1 aliphatic carbocycles. The van der Waals surface area contributed by atoms with Crippen LogP contribution in [-0.2, 0) is 6.54 Å². The number of nitrogens with zero attached hydrogens (tertiary/aromatic N) is 1. The average molecular weight is 380 g/mol. The number of rotatable bonds is 5.